The highest BCUT2D eigenvalue weighted by atomic mass is 19.1. The van der Waals surface area contributed by atoms with Gasteiger partial charge < -0.3 is 25.0 Å². The summed E-state index contributed by atoms with van der Waals surface area (Å²) >= 11 is 0. The number of hydrogen-bond donors (Lipinski definition) is 2. The number of ether oxygens (including phenoxy) is 2. The van der Waals surface area contributed by atoms with Crippen LogP contribution in [0.15, 0.2) is 42.5 Å². The average Bonchev–Trinajstić information content (AvgIpc) is 3.26. The Morgan fingerprint density at radius 1 is 1.03 bits per heavy atom. The van der Waals surface area contributed by atoms with Crippen LogP contribution in [0, 0.1) is 23.6 Å². The summed E-state index contributed by atoms with van der Waals surface area (Å²) in [6.07, 6.45) is 0.467. The molecule has 0 spiro atoms. The summed E-state index contributed by atoms with van der Waals surface area (Å²) in [5.74, 6) is 0.606. The maximum atomic E-state index is 13.2. The van der Waals surface area contributed by atoms with Crippen molar-refractivity contribution in [1.29, 1.82) is 0 Å². The van der Waals surface area contributed by atoms with Crippen molar-refractivity contribution in [3.05, 3.63) is 53.8 Å². The Labute approximate surface area is 193 Å². The van der Waals surface area contributed by atoms with Crippen molar-refractivity contribution >= 4 is 17.5 Å². The Balaban J connectivity index is 1.39. The van der Waals surface area contributed by atoms with Crippen molar-refractivity contribution in [1.82, 2.24) is 10.2 Å². The minimum atomic E-state index is -0.354. The second-order valence-electron chi connectivity index (χ2n) is 9.14. The lowest BCUT2D eigenvalue weighted by molar-refractivity contribution is -0.130. The number of nitrogens with one attached hydrogen (secondary N) is 2. The molecule has 0 aliphatic carbocycles. The van der Waals surface area contributed by atoms with E-state index >= 15 is 0 Å². The van der Waals surface area contributed by atoms with Gasteiger partial charge in [0.15, 0.2) is 11.5 Å². The summed E-state index contributed by atoms with van der Waals surface area (Å²) < 4.78 is 23.9. The van der Waals surface area contributed by atoms with E-state index in [0.717, 1.165) is 12.1 Å². The summed E-state index contributed by atoms with van der Waals surface area (Å²) in [6, 6.07) is 11.3. The molecule has 2 aliphatic rings. The van der Waals surface area contributed by atoms with E-state index in [1.165, 1.54) is 24.3 Å². The quantitative estimate of drug-likeness (QED) is 0.669. The van der Waals surface area contributed by atoms with Crippen molar-refractivity contribution in [3.63, 3.8) is 0 Å². The molecule has 0 radical (unpaired) electrons. The monoisotopic (exact) mass is 455 g/mol. The lowest BCUT2D eigenvalue weighted by atomic mass is 9.87. The molecular weight excluding hydrogens is 425 g/mol. The number of amides is 2. The van der Waals surface area contributed by atoms with Crippen LogP contribution >= 0.6 is 0 Å². The molecule has 8 heteroatoms. The molecule has 0 unspecified atom stereocenters. The van der Waals surface area contributed by atoms with E-state index < -0.39 is 0 Å². The molecule has 33 heavy (non-hydrogen) atoms. The van der Waals surface area contributed by atoms with Gasteiger partial charge in [0.1, 0.15) is 5.82 Å². The first-order valence-electron chi connectivity index (χ1n) is 11.3. The summed E-state index contributed by atoms with van der Waals surface area (Å²) in [5, 5.41) is 5.88. The number of halogens is 1. The minimum absolute atomic E-state index is 0.0688. The van der Waals surface area contributed by atoms with Crippen LogP contribution in [0.3, 0.4) is 0 Å². The maximum absolute atomic E-state index is 13.2. The largest absolute Gasteiger partial charge is 0.454 e. The van der Waals surface area contributed by atoms with Crippen molar-refractivity contribution < 1.29 is 23.5 Å². The zero-order valence-corrected chi connectivity index (χ0v) is 19.0. The molecule has 7 nitrogen and oxygen atoms in total. The van der Waals surface area contributed by atoms with E-state index in [4.69, 9.17) is 9.47 Å². The normalized spacial score (nSPS) is 20.0. The van der Waals surface area contributed by atoms with Gasteiger partial charge in [-0.2, -0.15) is 0 Å². The van der Waals surface area contributed by atoms with Crippen LogP contribution in [0.2, 0.25) is 0 Å². The Bertz CT molecular complexity index is 996. The summed E-state index contributed by atoms with van der Waals surface area (Å²) in [7, 11) is 0. The highest BCUT2D eigenvalue weighted by Gasteiger charge is 2.35. The van der Waals surface area contributed by atoms with Gasteiger partial charge in [-0.15, -0.1) is 0 Å². The number of piperidine rings is 1. The first-order valence-corrected chi connectivity index (χ1v) is 11.3. The maximum Gasteiger partial charge on any atom is 0.231 e. The first-order chi connectivity index (χ1) is 15.9. The molecule has 176 valence electrons. The van der Waals surface area contributed by atoms with Gasteiger partial charge in [0.2, 0.25) is 18.6 Å². The van der Waals surface area contributed by atoms with Crippen LogP contribution in [0.4, 0.5) is 10.1 Å². The van der Waals surface area contributed by atoms with Crippen LogP contribution in [-0.2, 0) is 16.1 Å². The molecule has 2 heterocycles. The number of benzene rings is 2. The van der Waals surface area contributed by atoms with Gasteiger partial charge >= 0.3 is 0 Å². The zero-order valence-electron chi connectivity index (χ0n) is 19.0. The Kier molecular flexibility index (Phi) is 7.13. The summed E-state index contributed by atoms with van der Waals surface area (Å²) in [4.78, 5) is 28.2. The Morgan fingerprint density at radius 3 is 2.45 bits per heavy atom. The van der Waals surface area contributed by atoms with E-state index in [2.05, 4.69) is 29.4 Å². The lowest BCUT2D eigenvalue weighted by Crippen LogP contribution is -2.50. The number of likely N-dealkylation sites (tertiary alicyclic amines) is 1. The molecule has 1 fully saturated rings. The molecule has 2 amide bonds. The summed E-state index contributed by atoms with van der Waals surface area (Å²) in [6.45, 7) is 6.85. The predicted molar refractivity (Wildman–Crippen MR) is 122 cm³/mol. The van der Waals surface area contributed by atoms with Gasteiger partial charge in [0.25, 0.3) is 0 Å². The summed E-state index contributed by atoms with van der Waals surface area (Å²) in [5.41, 5.74) is 1.47. The number of hydrogen-bond acceptors (Lipinski definition) is 5. The predicted octanol–water partition coefficient (Wildman–Crippen LogP) is 3.40. The van der Waals surface area contributed by atoms with E-state index in [1.807, 2.05) is 18.2 Å². The van der Waals surface area contributed by atoms with Gasteiger partial charge in [-0.25, -0.2) is 4.39 Å². The molecule has 0 aromatic heterocycles. The van der Waals surface area contributed by atoms with Crippen molar-refractivity contribution in [2.45, 2.75) is 26.8 Å². The molecule has 1 saturated heterocycles. The standard InChI is InChI=1S/C25H30FN3O4/c1-16(2)12-29-13-18(10-19(14-29)25(31)28-21-6-4-20(26)5-7-21)24(30)27-11-17-3-8-22-23(9-17)33-15-32-22/h3-9,16,18-19H,10-15H2,1-2H3,(H,27,30)(H,28,31)/t18-,19+/m0/s1. The van der Waals surface area contributed by atoms with E-state index in [1.54, 1.807) is 0 Å². The van der Waals surface area contributed by atoms with Crippen LogP contribution in [0.25, 0.3) is 0 Å². The van der Waals surface area contributed by atoms with Gasteiger partial charge in [0.05, 0.1) is 11.8 Å². The Morgan fingerprint density at radius 2 is 1.73 bits per heavy atom. The van der Waals surface area contributed by atoms with Crippen LogP contribution in [0.1, 0.15) is 25.8 Å². The molecule has 0 bridgehead atoms. The van der Waals surface area contributed by atoms with Crippen LogP contribution in [-0.4, -0.2) is 43.1 Å². The zero-order chi connectivity index (χ0) is 23.4. The highest BCUT2D eigenvalue weighted by Crippen LogP contribution is 2.32. The minimum Gasteiger partial charge on any atom is -0.454 e. The van der Waals surface area contributed by atoms with E-state index in [-0.39, 0.29) is 36.3 Å². The molecular formula is C25H30FN3O4. The highest BCUT2D eigenvalue weighted by molar-refractivity contribution is 5.93. The van der Waals surface area contributed by atoms with Crippen LogP contribution < -0.4 is 20.1 Å². The first kappa shape index (κ1) is 23.0. The van der Waals surface area contributed by atoms with Gasteiger partial charge in [-0.1, -0.05) is 19.9 Å². The number of nitrogens with zero attached hydrogens (tertiary/aromatic N) is 1. The second kappa shape index (κ2) is 10.2. The average molecular weight is 456 g/mol. The fraction of sp³-hybridized carbons (Fsp3) is 0.440. The molecule has 2 N–H and O–H groups in total. The molecule has 0 saturated carbocycles. The smallest absolute Gasteiger partial charge is 0.231 e. The third-order valence-electron chi connectivity index (χ3n) is 5.91. The molecule has 2 aromatic carbocycles. The lowest BCUT2D eigenvalue weighted by Gasteiger charge is -2.37. The van der Waals surface area contributed by atoms with Crippen molar-refractivity contribution in [3.8, 4) is 11.5 Å². The van der Waals surface area contributed by atoms with Crippen molar-refractivity contribution in [2.75, 3.05) is 31.7 Å². The van der Waals surface area contributed by atoms with E-state index in [0.29, 0.717) is 49.2 Å². The number of fused-ring (bicyclic) bond motifs is 1. The third-order valence-corrected chi connectivity index (χ3v) is 5.91. The fourth-order valence-corrected chi connectivity index (χ4v) is 4.40. The van der Waals surface area contributed by atoms with Crippen molar-refractivity contribution in [2.24, 2.45) is 17.8 Å². The Hall–Kier alpha value is -3.13. The van der Waals surface area contributed by atoms with Gasteiger partial charge in [-0.05, 0) is 54.3 Å². The number of carbonyl (C=O) groups excluding carboxylic acids is 2. The fourth-order valence-electron chi connectivity index (χ4n) is 4.40. The second-order valence-corrected chi connectivity index (χ2v) is 9.14. The van der Waals surface area contributed by atoms with E-state index in [9.17, 15) is 14.0 Å². The molecule has 2 aromatic rings. The van der Waals surface area contributed by atoms with Gasteiger partial charge in [0, 0.05) is 31.9 Å². The SMILES string of the molecule is CC(C)CN1C[C@@H](C(=O)NCc2ccc3c(c2)OCO3)C[C@@H](C(=O)Nc2ccc(F)cc2)C1. The molecule has 2 aliphatic heterocycles. The third kappa shape index (κ3) is 6.01. The number of anilines is 1. The molecule has 2 atom stereocenters. The van der Waals surface area contributed by atoms with Gasteiger partial charge in [-0.3, -0.25) is 9.59 Å². The topological polar surface area (TPSA) is 79.9 Å². The molecule has 4 rings (SSSR count). The van der Waals surface area contributed by atoms with Crippen LogP contribution in [0.5, 0.6) is 11.5 Å². The number of carbonyl (C=O) groups is 2. The number of rotatable bonds is 7.